The summed E-state index contributed by atoms with van der Waals surface area (Å²) >= 11 is 0. The molecule has 0 bridgehead atoms. The fourth-order valence-corrected chi connectivity index (χ4v) is 1.21. The van der Waals surface area contributed by atoms with Crippen LogP contribution in [0.2, 0.25) is 0 Å². The zero-order valence-electron chi connectivity index (χ0n) is 8.56. The monoisotopic (exact) mass is 196 g/mol. The van der Waals surface area contributed by atoms with Crippen LogP contribution in [0.1, 0.15) is 25.7 Å². The molecule has 0 amide bonds. The Morgan fingerprint density at radius 3 is 2.36 bits per heavy atom. The SMILES string of the molecule is CCOC(OCC)c1cccc(O)c1. The smallest absolute Gasteiger partial charge is 0.183 e. The van der Waals surface area contributed by atoms with E-state index in [-0.39, 0.29) is 12.0 Å². The van der Waals surface area contributed by atoms with Crippen LogP contribution in [0.15, 0.2) is 24.3 Å². The molecule has 14 heavy (non-hydrogen) atoms. The van der Waals surface area contributed by atoms with Gasteiger partial charge < -0.3 is 14.6 Å². The van der Waals surface area contributed by atoms with Gasteiger partial charge in [-0.05, 0) is 26.0 Å². The van der Waals surface area contributed by atoms with Gasteiger partial charge in [0.05, 0.1) is 0 Å². The first-order chi connectivity index (χ1) is 6.77. The lowest BCUT2D eigenvalue weighted by atomic mass is 10.2. The van der Waals surface area contributed by atoms with E-state index in [4.69, 9.17) is 9.47 Å². The standard InChI is InChI=1S/C11H16O3/c1-3-13-11(14-4-2)9-6-5-7-10(12)8-9/h5-8,11-12H,3-4H2,1-2H3. The van der Waals surface area contributed by atoms with Gasteiger partial charge in [-0.1, -0.05) is 12.1 Å². The number of benzene rings is 1. The zero-order valence-corrected chi connectivity index (χ0v) is 8.56. The zero-order chi connectivity index (χ0) is 10.4. The van der Waals surface area contributed by atoms with E-state index >= 15 is 0 Å². The second kappa shape index (κ2) is 5.62. The number of phenolic OH excluding ortho intramolecular Hbond substituents is 1. The van der Waals surface area contributed by atoms with Crippen molar-refractivity contribution in [3.8, 4) is 5.75 Å². The highest BCUT2D eigenvalue weighted by molar-refractivity contribution is 5.27. The minimum atomic E-state index is -0.378. The second-order valence-electron chi connectivity index (χ2n) is 2.84. The highest BCUT2D eigenvalue weighted by Gasteiger charge is 2.10. The summed E-state index contributed by atoms with van der Waals surface area (Å²) in [6.45, 7) is 4.99. The van der Waals surface area contributed by atoms with Gasteiger partial charge in [0.25, 0.3) is 0 Å². The Labute approximate surface area is 84.3 Å². The highest BCUT2D eigenvalue weighted by atomic mass is 16.7. The van der Waals surface area contributed by atoms with Crippen molar-refractivity contribution in [2.75, 3.05) is 13.2 Å². The largest absolute Gasteiger partial charge is 0.508 e. The number of aromatic hydroxyl groups is 1. The number of phenols is 1. The van der Waals surface area contributed by atoms with Crippen molar-refractivity contribution >= 4 is 0 Å². The van der Waals surface area contributed by atoms with Gasteiger partial charge in [-0.25, -0.2) is 0 Å². The first-order valence-corrected chi connectivity index (χ1v) is 4.80. The highest BCUT2D eigenvalue weighted by Crippen LogP contribution is 2.22. The normalized spacial score (nSPS) is 10.8. The lowest BCUT2D eigenvalue weighted by Crippen LogP contribution is -2.08. The molecule has 0 saturated carbocycles. The second-order valence-corrected chi connectivity index (χ2v) is 2.84. The molecule has 3 heteroatoms. The third-order valence-corrected chi connectivity index (χ3v) is 1.78. The lowest BCUT2D eigenvalue weighted by Gasteiger charge is -2.17. The fourth-order valence-electron chi connectivity index (χ4n) is 1.21. The van der Waals surface area contributed by atoms with E-state index < -0.39 is 0 Å². The maximum absolute atomic E-state index is 9.29. The van der Waals surface area contributed by atoms with Crippen LogP contribution in [0.4, 0.5) is 0 Å². The van der Waals surface area contributed by atoms with Crippen LogP contribution in [0, 0.1) is 0 Å². The molecular formula is C11H16O3. The van der Waals surface area contributed by atoms with Crippen molar-refractivity contribution in [2.24, 2.45) is 0 Å². The van der Waals surface area contributed by atoms with Crippen molar-refractivity contribution < 1.29 is 14.6 Å². The summed E-state index contributed by atoms with van der Waals surface area (Å²) in [6.07, 6.45) is -0.378. The average Bonchev–Trinajstić information content (AvgIpc) is 2.17. The molecule has 1 rings (SSSR count). The first-order valence-electron chi connectivity index (χ1n) is 4.80. The Kier molecular flexibility index (Phi) is 4.43. The van der Waals surface area contributed by atoms with Gasteiger partial charge >= 0.3 is 0 Å². The number of hydrogen-bond donors (Lipinski definition) is 1. The first kappa shape index (κ1) is 11.0. The summed E-state index contributed by atoms with van der Waals surface area (Å²) in [4.78, 5) is 0. The molecule has 1 aromatic carbocycles. The van der Waals surface area contributed by atoms with Gasteiger partial charge in [-0.2, -0.15) is 0 Å². The van der Waals surface area contributed by atoms with Crippen molar-refractivity contribution in [3.63, 3.8) is 0 Å². The van der Waals surface area contributed by atoms with Crippen LogP contribution in [0.3, 0.4) is 0 Å². The van der Waals surface area contributed by atoms with E-state index in [2.05, 4.69) is 0 Å². The van der Waals surface area contributed by atoms with Gasteiger partial charge in [0.15, 0.2) is 6.29 Å². The molecule has 78 valence electrons. The minimum absolute atomic E-state index is 0.229. The van der Waals surface area contributed by atoms with Crippen LogP contribution < -0.4 is 0 Å². The topological polar surface area (TPSA) is 38.7 Å². The Morgan fingerprint density at radius 2 is 1.86 bits per heavy atom. The third kappa shape index (κ3) is 3.01. The lowest BCUT2D eigenvalue weighted by molar-refractivity contribution is -0.140. The van der Waals surface area contributed by atoms with Crippen LogP contribution in [-0.4, -0.2) is 18.3 Å². The predicted octanol–water partition coefficient (Wildman–Crippen LogP) is 2.46. The van der Waals surface area contributed by atoms with Gasteiger partial charge in [0, 0.05) is 18.8 Å². The maximum Gasteiger partial charge on any atom is 0.183 e. The number of ether oxygens (including phenoxy) is 2. The van der Waals surface area contributed by atoms with E-state index in [1.54, 1.807) is 18.2 Å². The molecule has 0 unspecified atom stereocenters. The number of rotatable bonds is 5. The molecule has 0 aliphatic carbocycles. The van der Waals surface area contributed by atoms with Gasteiger partial charge in [0.2, 0.25) is 0 Å². The molecule has 0 spiro atoms. The quantitative estimate of drug-likeness (QED) is 0.735. The van der Waals surface area contributed by atoms with Crippen molar-refractivity contribution in [2.45, 2.75) is 20.1 Å². The molecule has 0 fully saturated rings. The summed E-state index contributed by atoms with van der Waals surface area (Å²) in [5.41, 5.74) is 0.841. The van der Waals surface area contributed by atoms with E-state index in [1.807, 2.05) is 19.9 Å². The Bertz CT molecular complexity index is 267. The minimum Gasteiger partial charge on any atom is -0.508 e. The molecule has 0 saturated heterocycles. The van der Waals surface area contributed by atoms with Crippen molar-refractivity contribution in [3.05, 3.63) is 29.8 Å². The van der Waals surface area contributed by atoms with Gasteiger partial charge in [-0.15, -0.1) is 0 Å². The van der Waals surface area contributed by atoms with E-state index in [0.717, 1.165) is 5.56 Å². The summed E-state index contributed by atoms with van der Waals surface area (Å²) in [7, 11) is 0. The average molecular weight is 196 g/mol. The van der Waals surface area contributed by atoms with E-state index in [9.17, 15) is 5.11 Å². The molecule has 0 atom stereocenters. The Morgan fingerprint density at radius 1 is 1.21 bits per heavy atom. The van der Waals surface area contributed by atoms with Gasteiger partial charge in [-0.3, -0.25) is 0 Å². The van der Waals surface area contributed by atoms with Gasteiger partial charge in [0.1, 0.15) is 5.75 Å². The molecule has 0 heterocycles. The summed E-state index contributed by atoms with van der Waals surface area (Å²) in [5, 5.41) is 9.29. The Balaban J connectivity index is 2.75. The summed E-state index contributed by atoms with van der Waals surface area (Å²) in [5.74, 6) is 0.229. The van der Waals surface area contributed by atoms with Crippen molar-refractivity contribution in [1.82, 2.24) is 0 Å². The predicted molar refractivity (Wildman–Crippen MR) is 54.1 cm³/mol. The molecule has 1 aromatic rings. The van der Waals surface area contributed by atoms with Crippen molar-refractivity contribution in [1.29, 1.82) is 0 Å². The van der Waals surface area contributed by atoms with Crippen LogP contribution in [-0.2, 0) is 9.47 Å². The molecule has 0 aliphatic heterocycles. The summed E-state index contributed by atoms with van der Waals surface area (Å²) < 4.78 is 10.8. The van der Waals surface area contributed by atoms with Crippen LogP contribution in [0.5, 0.6) is 5.75 Å². The fraction of sp³-hybridized carbons (Fsp3) is 0.455. The number of hydrogen-bond acceptors (Lipinski definition) is 3. The molecule has 1 N–H and O–H groups in total. The van der Waals surface area contributed by atoms with E-state index in [0.29, 0.717) is 13.2 Å². The molecular weight excluding hydrogens is 180 g/mol. The molecule has 0 aliphatic rings. The van der Waals surface area contributed by atoms with Crippen LogP contribution in [0.25, 0.3) is 0 Å². The maximum atomic E-state index is 9.29. The van der Waals surface area contributed by atoms with E-state index in [1.165, 1.54) is 0 Å². The molecule has 0 radical (unpaired) electrons. The Hall–Kier alpha value is -1.06. The third-order valence-electron chi connectivity index (χ3n) is 1.78. The molecule has 3 nitrogen and oxygen atoms in total. The molecule has 0 aromatic heterocycles. The van der Waals surface area contributed by atoms with Crippen LogP contribution >= 0.6 is 0 Å². The summed E-state index contributed by atoms with van der Waals surface area (Å²) in [6, 6.07) is 6.92.